The minimum absolute atomic E-state index is 0.0204. The molecule has 0 amide bonds. The van der Waals surface area contributed by atoms with Crippen molar-refractivity contribution < 1.29 is 0 Å². The van der Waals surface area contributed by atoms with E-state index in [0.29, 0.717) is 6.54 Å². The summed E-state index contributed by atoms with van der Waals surface area (Å²) in [4.78, 5) is 2.55. The Kier molecular flexibility index (Phi) is 5.70. The van der Waals surface area contributed by atoms with Gasteiger partial charge in [0.05, 0.1) is 16.2 Å². The molecule has 3 N–H and O–H groups in total. The topological polar surface area (TPSA) is 41.3 Å². The zero-order valence-electron chi connectivity index (χ0n) is 12.4. The number of anilines is 1. The molecule has 0 spiro atoms. The number of benzene rings is 1. The van der Waals surface area contributed by atoms with Gasteiger partial charge in [0.1, 0.15) is 0 Å². The average Bonchev–Trinajstić information content (AvgIpc) is 2.66. The predicted molar refractivity (Wildman–Crippen MR) is 87.4 cm³/mol. The van der Waals surface area contributed by atoms with Gasteiger partial charge in [-0.1, -0.05) is 30.7 Å². The summed E-state index contributed by atoms with van der Waals surface area (Å²) < 4.78 is 0. The zero-order valence-corrected chi connectivity index (χ0v) is 13.1. The Labute approximate surface area is 127 Å². The van der Waals surface area contributed by atoms with E-state index >= 15 is 0 Å². The Morgan fingerprint density at radius 2 is 2.10 bits per heavy atom. The van der Waals surface area contributed by atoms with Crippen LogP contribution in [0.15, 0.2) is 24.3 Å². The third-order valence-corrected chi connectivity index (χ3v) is 4.57. The van der Waals surface area contributed by atoms with E-state index in [1.807, 2.05) is 24.3 Å². The van der Waals surface area contributed by atoms with Crippen LogP contribution < -0.4 is 11.1 Å². The predicted octanol–water partition coefficient (Wildman–Crippen LogP) is 3.35. The summed E-state index contributed by atoms with van der Waals surface area (Å²) in [6.45, 7) is 6.37. The highest BCUT2D eigenvalue weighted by Gasteiger charge is 2.31. The number of nitrogens with one attached hydrogen (secondary N) is 1. The van der Waals surface area contributed by atoms with Crippen LogP contribution in [-0.2, 0) is 0 Å². The van der Waals surface area contributed by atoms with Gasteiger partial charge >= 0.3 is 0 Å². The van der Waals surface area contributed by atoms with Crippen molar-refractivity contribution in [2.24, 2.45) is 5.73 Å². The van der Waals surface area contributed by atoms with Crippen LogP contribution in [0.25, 0.3) is 0 Å². The standard InChI is InChI=1S/C16H26ClN3/c1-2-10-20-11-5-8-16(13-18,9-12-20)19-15-7-4-3-6-14(15)17/h3-4,6-7,19H,2,5,8-13,18H2,1H3. The largest absolute Gasteiger partial charge is 0.377 e. The molecule has 0 aromatic heterocycles. The van der Waals surface area contributed by atoms with Gasteiger partial charge in [0, 0.05) is 13.1 Å². The van der Waals surface area contributed by atoms with Gasteiger partial charge in [-0.2, -0.15) is 0 Å². The molecule has 0 radical (unpaired) electrons. The van der Waals surface area contributed by atoms with Crippen molar-refractivity contribution in [1.29, 1.82) is 0 Å². The average molecular weight is 296 g/mol. The Bertz CT molecular complexity index is 424. The maximum atomic E-state index is 6.27. The molecule has 4 heteroatoms. The number of rotatable bonds is 5. The minimum atomic E-state index is -0.0204. The molecular formula is C16H26ClN3. The highest BCUT2D eigenvalue weighted by atomic mass is 35.5. The molecule has 2 rings (SSSR count). The maximum absolute atomic E-state index is 6.27. The molecule has 20 heavy (non-hydrogen) atoms. The highest BCUT2D eigenvalue weighted by Crippen LogP contribution is 2.30. The second kappa shape index (κ2) is 7.30. The number of likely N-dealkylation sites (tertiary alicyclic amines) is 1. The fourth-order valence-corrected chi connectivity index (χ4v) is 3.20. The first-order valence-electron chi connectivity index (χ1n) is 7.64. The zero-order chi connectivity index (χ0) is 14.4. The highest BCUT2D eigenvalue weighted by molar-refractivity contribution is 6.33. The molecule has 1 unspecified atom stereocenters. The summed E-state index contributed by atoms with van der Waals surface area (Å²) in [5.41, 5.74) is 7.08. The number of nitrogens with zero attached hydrogens (tertiary/aromatic N) is 1. The molecule has 1 aromatic carbocycles. The van der Waals surface area contributed by atoms with E-state index in [-0.39, 0.29) is 5.54 Å². The normalized spacial score (nSPS) is 24.4. The molecule has 0 saturated carbocycles. The third kappa shape index (κ3) is 3.87. The SMILES string of the molecule is CCCN1CCCC(CN)(Nc2ccccc2Cl)CC1. The second-order valence-corrected chi connectivity index (χ2v) is 6.19. The van der Waals surface area contributed by atoms with E-state index in [1.165, 1.54) is 25.9 Å². The summed E-state index contributed by atoms with van der Waals surface area (Å²) >= 11 is 6.27. The molecule has 0 bridgehead atoms. The number of para-hydroxylation sites is 1. The first-order chi connectivity index (χ1) is 9.69. The van der Waals surface area contributed by atoms with Gasteiger partial charge < -0.3 is 16.0 Å². The maximum Gasteiger partial charge on any atom is 0.0637 e. The fraction of sp³-hybridized carbons (Fsp3) is 0.625. The number of halogens is 1. The van der Waals surface area contributed by atoms with E-state index in [1.54, 1.807) is 0 Å². The number of hydrogen-bond acceptors (Lipinski definition) is 3. The van der Waals surface area contributed by atoms with Crippen LogP contribution in [0.3, 0.4) is 0 Å². The smallest absolute Gasteiger partial charge is 0.0637 e. The number of nitrogens with two attached hydrogens (primary N) is 1. The van der Waals surface area contributed by atoms with Crippen molar-refractivity contribution in [3.05, 3.63) is 29.3 Å². The fourth-order valence-electron chi connectivity index (χ4n) is 3.02. The molecule has 1 atom stereocenters. The van der Waals surface area contributed by atoms with Crippen molar-refractivity contribution in [2.75, 3.05) is 31.5 Å². The summed E-state index contributed by atoms with van der Waals surface area (Å²) in [5, 5.41) is 4.40. The van der Waals surface area contributed by atoms with Crippen LogP contribution in [0, 0.1) is 0 Å². The lowest BCUT2D eigenvalue weighted by atomic mass is 9.90. The van der Waals surface area contributed by atoms with Gasteiger partial charge in [-0.05, 0) is 50.9 Å². The Balaban J connectivity index is 2.08. The van der Waals surface area contributed by atoms with Gasteiger partial charge in [0.15, 0.2) is 0 Å². The lowest BCUT2D eigenvalue weighted by molar-refractivity contribution is 0.279. The van der Waals surface area contributed by atoms with Crippen molar-refractivity contribution in [1.82, 2.24) is 4.90 Å². The lowest BCUT2D eigenvalue weighted by Gasteiger charge is -2.34. The Morgan fingerprint density at radius 3 is 2.80 bits per heavy atom. The van der Waals surface area contributed by atoms with Gasteiger partial charge in [0.25, 0.3) is 0 Å². The van der Waals surface area contributed by atoms with Gasteiger partial charge in [0.2, 0.25) is 0 Å². The molecule has 112 valence electrons. The Morgan fingerprint density at radius 1 is 1.30 bits per heavy atom. The lowest BCUT2D eigenvalue weighted by Crippen LogP contribution is -2.46. The van der Waals surface area contributed by atoms with E-state index < -0.39 is 0 Å². The van der Waals surface area contributed by atoms with Crippen molar-refractivity contribution >= 4 is 17.3 Å². The molecule has 0 aliphatic carbocycles. The second-order valence-electron chi connectivity index (χ2n) is 5.78. The van der Waals surface area contributed by atoms with E-state index in [4.69, 9.17) is 17.3 Å². The van der Waals surface area contributed by atoms with Crippen molar-refractivity contribution in [2.45, 2.75) is 38.1 Å². The first-order valence-corrected chi connectivity index (χ1v) is 8.02. The van der Waals surface area contributed by atoms with Crippen molar-refractivity contribution in [3.63, 3.8) is 0 Å². The van der Waals surface area contributed by atoms with E-state index in [0.717, 1.165) is 30.1 Å². The summed E-state index contributed by atoms with van der Waals surface area (Å²) in [7, 11) is 0. The molecular weight excluding hydrogens is 270 g/mol. The summed E-state index contributed by atoms with van der Waals surface area (Å²) in [5.74, 6) is 0. The first kappa shape index (κ1) is 15.6. The van der Waals surface area contributed by atoms with E-state index in [9.17, 15) is 0 Å². The van der Waals surface area contributed by atoms with Gasteiger partial charge in [-0.15, -0.1) is 0 Å². The molecule has 3 nitrogen and oxygen atoms in total. The minimum Gasteiger partial charge on any atom is -0.377 e. The van der Waals surface area contributed by atoms with Crippen LogP contribution >= 0.6 is 11.6 Å². The van der Waals surface area contributed by atoms with Crippen LogP contribution in [-0.4, -0.2) is 36.6 Å². The van der Waals surface area contributed by atoms with Gasteiger partial charge in [-0.3, -0.25) is 0 Å². The van der Waals surface area contributed by atoms with Crippen LogP contribution in [0.5, 0.6) is 0 Å². The summed E-state index contributed by atoms with van der Waals surface area (Å²) in [6, 6.07) is 7.93. The molecule has 1 heterocycles. The molecule has 1 aliphatic heterocycles. The van der Waals surface area contributed by atoms with Crippen LogP contribution in [0.2, 0.25) is 5.02 Å². The third-order valence-electron chi connectivity index (χ3n) is 4.24. The number of hydrogen-bond donors (Lipinski definition) is 2. The quantitative estimate of drug-likeness (QED) is 0.875. The van der Waals surface area contributed by atoms with E-state index in [2.05, 4.69) is 17.1 Å². The molecule has 1 fully saturated rings. The van der Waals surface area contributed by atoms with Crippen LogP contribution in [0.4, 0.5) is 5.69 Å². The monoisotopic (exact) mass is 295 g/mol. The Hall–Kier alpha value is -0.770. The van der Waals surface area contributed by atoms with Gasteiger partial charge in [-0.25, -0.2) is 0 Å². The molecule has 1 saturated heterocycles. The molecule has 1 aliphatic rings. The summed E-state index contributed by atoms with van der Waals surface area (Å²) in [6.07, 6.45) is 4.59. The molecule has 1 aromatic rings. The van der Waals surface area contributed by atoms with Crippen LogP contribution in [0.1, 0.15) is 32.6 Å². The van der Waals surface area contributed by atoms with Crippen molar-refractivity contribution in [3.8, 4) is 0 Å².